The van der Waals surface area contributed by atoms with Crippen LogP contribution in [0.2, 0.25) is 0 Å². The highest BCUT2D eigenvalue weighted by atomic mass is 16.1. The summed E-state index contributed by atoms with van der Waals surface area (Å²) in [6.45, 7) is 0. The molecule has 0 saturated heterocycles. The van der Waals surface area contributed by atoms with Gasteiger partial charge in [-0.1, -0.05) is 0 Å². The van der Waals surface area contributed by atoms with Crippen molar-refractivity contribution in [1.82, 2.24) is 0 Å². The largest absolute Gasteiger partial charge is 0.300 e. The molecule has 1 spiro atoms. The van der Waals surface area contributed by atoms with Crippen molar-refractivity contribution in [2.75, 3.05) is 0 Å². The quantitative estimate of drug-likeness (QED) is 0.573. The van der Waals surface area contributed by atoms with Crippen LogP contribution in [-0.4, -0.2) is 11.6 Å². The maximum Gasteiger partial charge on any atom is 0.133 e. The van der Waals surface area contributed by atoms with Gasteiger partial charge in [0, 0.05) is 25.7 Å². The molecule has 0 N–H and O–H groups in total. The number of carbonyl (C=O) groups excluding carboxylic acids is 2. The Bertz CT molecular complexity index is 216. The molecule has 2 nitrogen and oxygen atoms in total. The van der Waals surface area contributed by atoms with Crippen LogP contribution in [0.5, 0.6) is 0 Å². The van der Waals surface area contributed by atoms with Crippen molar-refractivity contribution < 1.29 is 9.59 Å². The van der Waals surface area contributed by atoms with E-state index < -0.39 is 0 Å². The van der Waals surface area contributed by atoms with E-state index >= 15 is 0 Å². The molecule has 0 aromatic heterocycles. The molecule has 2 aliphatic rings. The second kappa shape index (κ2) is 3.24. The van der Waals surface area contributed by atoms with Gasteiger partial charge in [0.05, 0.1) is 0 Å². The second-order valence-corrected chi connectivity index (χ2v) is 4.64. The maximum absolute atomic E-state index is 11.3. The summed E-state index contributed by atoms with van der Waals surface area (Å²) >= 11 is 0. The van der Waals surface area contributed by atoms with Crippen molar-refractivity contribution in [2.45, 2.75) is 51.4 Å². The van der Waals surface area contributed by atoms with Crippen LogP contribution in [-0.2, 0) is 9.59 Å². The Morgan fingerprint density at radius 3 is 1.69 bits per heavy atom. The van der Waals surface area contributed by atoms with Gasteiger partial charge in [-0.15, -0.1) is 0 Å². The van der Waals surface area contributed by atoms with Crippen molar-refractivity contribution in [3.8, 4) is 0 Å². The summed E-state index contributed by atoms with van der Waals surface area (Å²) < 4.78 is 0. The number of rotatable bonds is 0. The predicted molar refractivity (Wildman–Crippen MR) is 49.4 cm³/mol. The van der Waals surface area contributed by atoms with Crippen LogP contribution >= 0.6 is 0 Å². The lowest BCUT2D eigenvalue weighted by atomic mass is 9.65. The Morgan fingerprint density at radius 1 is 0.846 bits per heavy atom. The lowest BCUT2D eigenvalue weighted by Gasteiger charge is -2.38. The van der Waals surface area contributed by atoms with Crippen LogP contribution < -0.4 is 0 Å². The highest BCUT2D eigenvalue weighted by Gasteiger charge is 2.39. The molecule has 2 saturated carbocycles. The van der Waals surface area contributed by atoms with E-state index in [1.54, 1.807) is 0 Å². The van der Waals surface area contributed by atoms with Gasteiger partial charge in [-0.2, -0.15) is 0 Å². The highest BCUT2D eigenvalue weighted by Crippen LogP contribution is 2.45. The monoisotopic (exact) mass is 180 g/mol. The lowest BCUT2D eigenvalue weighted by Crippen LogP contribution is -2.34. The van der Waals surface area contributed by atoms with Crippen LogP contribution in [0.1, 0.15) is 51.4 Å². The van der Waals surface area contributed by atoms with Crippen LogP contribution in [0.25, 0.3) is 0 Å². The standard InChI is InChI=1S/C11H16O2/c12-9-3-1-5-11(7-9)6-2-4-10(13)8-11/h1-8H2. The first-order valence-electron chi connectivity index (χ1n) is 5.24. The summed E-state index contributed by atoms with van der Waals surface area (Å²) in [5, 5.41) is 0. The first-order chi connectivity index (χ1) is 6.20. The third-order valence-electron chi connectivity index (χ3n) is 3.47. The van der Waals surface area contributed by atoms with Crippen molar-refractivity contribution in [2.24, 2.45) is 5.41 Å². The van der Waals surface area contributed by atoms with Gasteiger partial charge >= 0.3 is 0 Å². The number of hydrogen-bond donors (Lipinski definition) is 0. The average Bonchev–Trinajstić information content (AvgIpc) is 2.02. The molecule has 0 aromatic carbocycles. The molecule has 2 aliphatic carbocycles. The zero-order chi connectivity index (χ0) is 9.31. The molecule has 2 heteroatoms. The first-order valence-corrected chi connectivity index (χ1v) is 5.24. The molecule has 0 bridgehead atoms. The minimum absolute atomic E-state index is 0.102. The van der Waals surface area contributed by atoms with Gasteiger partial charge in [-0.25, -0.2) is 0 Å². The number of ketones is 2. The van der Waals surface area contributed by atoms with Crippen LogP contribution in [0, 0.1) is 5.41 Å². The molecule has 2 fully saturated rings. The molecule has 0 radical (unpaired) electrons. The molecule has 0 aliphatic heterocycles. The minimum atomic E-state index is 0.102. The van der Waals surface area contributed by atoms with Gasteiger partial charge < -0.3 is 0 Å². The SMILES string of the molecule is O=C1CCCC2(CCCC(=O)C2)C1. The highest BCUT2D eigenvalue weighted by molar-refractivity contribution is 5.84. The van der Waals surface area contributed by atoms with Gasteiger partial charge in [0.15, 0.2) is 0 Å². The van der Waals surface area contributed by atoms with Crippen molar-refractivity contribution in [3.63, 3.8) is 0 Å². The molecule has 0 amide bonds. The van der Waals surface area contributed by atoms with Gasteiger partial charge in [-0.3, -0.25) is 9.59 Å². The third kappa shape index (κ3) is 1.82. The second-order valence-electron chi connectivity index (χ2n) is 4.64. The fourth-order valence-corrected chi connectivity index (χ4v) is 2.88. The number of hydrogen-bond acceptors (Lipinski definition) is 2. The normalized spacial score (nSPS) is 28.0. The Morgan fingerprint density at radius 2 is 1.31 bits per heavy atom. The topological polar surface area (TPSA) is 34.1 Å². The van der Waals surface area contributed by atoms with E-state index in [0.29, 0.717) is 24.4 Å². The molecule has 0 atom stereocenters. The van der Waals surface area contributed by atoms with E-state index in [1.165, 1.54) is 0 Å². The van der Waals surface area contributed by atoms with E-state index in [0.717, 1.165) is 38.5 Å². The summed E-state index contributed by atoms with van der Waals surface area (Å²) in [6, 6.07) is 0. The fraction of sp³-hybridized carbons (Fsp3) is 0.818. The van der Waals surface area contributed by atoms with Crippen LogP contribution in [0.15, 0.2) is 0 Å². The third-order valence-corrected chi connectivity index (χ3v) is 3.47. The van der Waals surface area contributed by atoms with Crippen LogP contribution in [0.4, 0.5) is 0 Å². The van der Waals surface area contributed by atoms with E-state index in [-0.39, 0.29) is 5.41 Å². The van der Waals surface area contributed by atoms with Crippen LogP contribution in [0.3, 0.4) is 0 Å². The van der Waals surface area contributed by atoms with Crippen molar-refractivity contribution >= 4 is 11.6 Å². The first kappa shape index (κ1) is 8.92. The molecule has 0 unspecified atom stereocenters. The van der Waals surface area contributed by atoms with Crippen molar-refractivity contribution in [1.29, 1.82) is 0 Å². The Balaban J connectivity index is 2.09. The van der Waals surface area contributed by atoms with Gasteiger partial charge in [0.1, 0.15) is 11.6 Å². The number of Topliss-reactive ketones (excluding diaryl/α,β-unsaturated/α-hetero) is 2. The van der Waals surface area contributed by atoms with Gasteiger partial charge in [0.25, 0.3) is 0 Å². The summed E-state index contributed by atoms with van der Waals surface area (Å²) in [5.74, 6) is 0.752. The minimum Gasteiger partial charge on any atom is -0.300 e. The Labute approximate surface area is 78.7 Å². The molecule has 72 valence electrons. The van der Waals surface area contributed by atoms with E-state index in [2.05, 4.69) is 0 Å². The van der Waals surface area contributed by atoms with E-state index in [4.69, 9.17) is 0 Å². The summed E-state index contributed by atoms with van der Waals surface area (Å²) in [6.07, 6.45) is 7.07. The fourth-order valence-electron chi connectivity index (χ4n) is 2.88. The van der Waals surface area contributed by atoms with E-state index in [1.807, 2.05) is 0 Å². The predicted octanol–water partition coefficient (Wildman–Crippen LogP) is 2.26. The molecular weight excluding hydrogens is 164 g/mol. The molecular formula is C11H16O2. The summed E-state index contributed by atoms with van der Waals surface area (Å²) in [4.78, 5) is 22.7. The van der Waals surface area contributed by atoms with E-state index in [9.17, 15) is 9.59 Å². The average molecular weight is 180 g/mol. The maximum atomic E-state index is 11.3. The molecule has 0 aromatic rings. The zero-order valence-corrected chi connectivity index (χ0v) is 7.97. The zero-order valence-electron chi connectivity index (χ0n) is 7.97. The molecule has 2 rings (SSSR count). The van der Waals surface area contributed by atoms with Gasteiger partial charge in [-0.05, 0) is 31.1 Å². The smallest absolute Gasteiger partial charge is 0.133 e. The van der Waals surface area contributed by atoms with Crippen molar-refractivity contribution in [3.05, 3.63) is 0 Å². The molecule has 13 heavy (non-hydrogen) atoms. The molecule has 0 heterocycles. The lowest BCUT2D eigenvalue weighted by molar-refractivity contribution is -0.129. The van der Waals surface area contributed by atoms with Gasteiger partial charge in [0.2, 0.25) is 0 Å². The summed E-state index contributed by atoms with van der Waals surface area (Å²) in [5.41, 5.74) is 0.102. The Kier molecular flexibility index (Phi) is 2.22. The number of carbonyl (C=O) groups is 2. The Hall–Kier alpha value is -0.660. The summed E-state index contributed by atoms with van der Waals surface area (Å²) in [7, 11) is 0.